The SMILES string of the molecule is CN=C1c2ccc(Cl)cc2CC1(O)C(=O)OC. The average Bonchev–Trinajstić information content (AvgIpc) is 2.59. The minimum Gasteiger partial charge on any atom is -0.467 e. The highest BCUT2D eigenvalue weighted by Crippen LogP contribution is 2.33. The van der Waals surface area contributed by atoms with E-state index in [1.807, 2.05) is 0 Å². The Morgan fingerprint density at radius 2 is 2.29 bits per heavy atom. The first kappa shape index (κ1) is 12.1. The van der Waals surface area contributed by atoms with Gasteiger partial charge >= 0.3 is 5.97 Å². The van der Waals surface area contributed by atoms with Gasteiger partial charge in [-0.2, -0.15) is 0 Å². The first-order chi connectivity index (χ1) is 8.02. The number of hydrogen-bond acceptors (Lipinski definition) is 4. The molecule has 0 saturated heterocycles. The lowest BCUT2D eigenvalue weighted by Gasteiger charge is -2.19. The van der Waals surface area contributed by atoms with Gasteiger partial charge in [0.2, 0.25) is 5.60 Å². The van der Waals surface area contributed by atoms with Crippen LogP contribution in [0.3, 0.4) is 0 Å². The van der Waals surface area contributed by atoms with E-state index in [0.29, 0.717) is 10.7 Å². The van der Waals surface area contributed by atoms with Crippen molar-refractivity contribution in [3.8, 4) is 0 Å². The third kappa shape index (κ3) is 1.73. The normalized spacial score (nSPS) is 24.8. The van der Waals surface area contributed by atoms with Gasteiger partial charge in [0.1, 0.15) is 0 Å². The molecule has 0 radical (unpaired) electrons. The summed E-state index contributed by atoms with van der Waals surface area (Å²) < 4.78 is 4.63. The Morgan fingerprint density at radius 1 is 1.59 bits per heavy atom. The predicted molar refractivity (Wildman–Crippen MR) is 64.6 cm³/mol. The van der Waals surface area contributed by atoms with Crippen LogP contribution in [0.15, 0.2) is 23.2 Å². The minimum atomic E-state index is -1.70. The monoisotopic (exact) mass is 253 g/mol. The Morgan fingerprint density at radius 3 is 2.88 bits per heavy atom. The second kappa shape index (κ2) is 4.13. The summed E-state index contributed by atoms with van der Waals surface area (Å²) in [7, 11) is 2.77. The van der Waals surface area contributed by atoms with Gasteiger partial charge < -0.3 is 9.84 Å². The summed E-state index contributed by atoms with van der Waals surface area (Å²) >= 11 is 5.88. The Hall–Kier alpha value is -1.39. The Kier molecular flexibility index (Phi) is 2.93. The van der Waals surface area contributed by atoms with Crippen LogP contribution in [-0.4, -0.2) is 36.5 Å². The fourth-order valence-corrected chi connectivity index (χ4v) is 2.36. The molecule has 0 bridgehead atoms. The maximum atomic E-state index is 11.7. The molecule has 1 unspecified atom stereocenters. The number of aliphatic imine (C=N–C) groups is 1. The lowest BCUT2D eigenvalue weighted by molar-refractivity contribution is -0.154. The zero-order valence-electron chi connectivity index (χ0n) is 9.53. The van der Waals surface area contributed by atoms with E-state index in [9.17, 15) is 9.90 Å². The zero-order valence-corrected chi connectivity index (χ0v) is 10.3. The van der Waals surface area contributed by atoms with Gasteiger partial charge in [0.25, 0.3) is 0 Å². The summed E-state index contributed by atoms with van der Waals surface area (Å²) in [6, 6.07) is 5.18. The Bertz CT molecular complexity index is 512. The quantitative estimate of drug-likeness (QED) is 0.766. The van der Waals surface area contributed by atoms with Crippen LogP contribution in [0, 0.1) is 0 Å². The van der Waals surface area contributed by atoms with Crippen molar-refractivity contribution >= 4 is 23.3 Å². The smallest absolute Gasteiger partial charge is 0.344 e. The number of ether oxygens (including phenoxy) is 1. The third-order valence-electron chi connectivity index (χ3n) is 2.91. The number of rotatable bonds is 1. The van der Waals surface area contributed by atoms with E-state index >= 15 is 0 Å². The van der Waals surface area contributed by atoms with Crippen molar-refractivity contribution in [2.75, 3.05) is 14.2 Å². The molecule has 17 heavy (non-hydrogen) atoms. The third-order valence-corrected chi connectivity index (χ3v) is 3.14. The number of nitrogens with zero attached hydrogens (tertiary/aromatic N) is 1. The lowest BCUT2D eigenvalue weighted by Crippen LogP contribution is -2.45. The average molecular weight is 254 g/mol. The number of halogens is 1. The standard InChI is InChI=1S/C12H12ClNO3/c1-14-10-9-4-3-8(13)5-7(9)6-12(10,16)11(15)17-2/h3-5,16H,6H2,1-2H3. The molecule has 1 aliphatic carbocycles. The second-order valence-electron chi connectivity index (χ2n) is 3.90. The number of esters is 1. The summed E-state index contributed by atoms with van der Waals surface area (Å²) in [5, 5.41) is 10.9. The van der Waals surface area contributed by atoms with Gasteiger partial charge in [0.15, 0.2) is 0 Å². The molecule has 0 heterocycles. The van der Waals surface area contributed by atoms with Crippen LogP contribution in [0.5, 0.6) is 0 Å². The fourth-order valence-electron chi connectivity index (χ4n) is 2.16. The Balaban J connectivity index is 2.56. The zero-order chi connectivity index (χ0) is 12.6. The van der Waals surface area contributed by atoms with Crippen LogP contribution in [0.1, 0.15) is 11.1 Å². The molecule has 2 rings (SSSR count). The number of methoxy groups -OCH3 is 1. The van der Waals surface area contributed by atoms with Gasteiger partial charge in [-0.1, -0.05) is 17.7 Å². The summed E-state index contributed by atoms with van der Waals surface area (Å²) in [6.07, 6.45) is 0.141. The molecule has 1 atom stereocenters. The number of carbonyl (C=O) groups is 1. The van der Waals surface area contributed by atoms with E-state index in [-0.39, 0.29) is 6.42 Å². The molecule has 90 valence electrons. The highest BCUT2D eigenvalue weighted by Gasteiger charge is 2.48. The first-order valence-electron chi connectivity index (χ1n) is 5.10. The minimum absolute atomic E-state index is 0.141. The number of carbonyl (C=O) groups excluding carboxylic acids is 1. The number of aliphatic hydroxyl groups is 1. The molecule has 0 aliphatic heterocycles. The predicted octanol–water partition coefficient (Wildman–Crippen LogP) is 1.22. The molecule has 1 N–H and O–H groups in total. The molecular weight excluding hydrogens is 242 g/mol. The van der Waals surface area contributed by atoms with Crippen molar-refractivity contribution in [1.82, 2.24) is 0 Å². The Labute approximate surface area is 104 Å². The van der Waals surface area contributed by atoms with Crippen LogP contribution >= 0.6 is 11.6 Å². The lowest BCUT2D eigenvalue weighted by atomic mass is 9.98. The van der Waals surface area contributed by atoms with Crippen LogP contribution < -0.4 is 0 Å². The highest BCUT2D eigenvalue weighted by atomic mass is 35.5. The molecule has 4 nitrogen and oxygen atoms in total. The molecule has 0 aromatic heterocycles. The van der Waals surface area contributed by atoms with Crippen LogP contribution in [-0.2, 0) is 16.0 Å². The summed E-state index contributed by atoms with van der Waals surface area (Å²) in [4.78, 5) is 15.7. The van der Waals surface area contributed by atoms with Crippen molar-refractivity contribution < 1.29 is 14.6 Å². The number of benzene rings is 1. The van der Waals surface area contributed by atoms with Crippen molar-refractivity contribution in [2.45, 2.75) is 12.0 Å². The number of fused-ring (bicyclic) bond motifs is 1. The van der Waals surface area contributed by atoms with Crippen LogP contribution in [0.2, 0.25) is 5.02 Å². The van der Waals surface area contributed by atoms with Crippen molar-refractivity contribution in [2.24, 2.45) is 4.99 Å². The van der Waals surface area contributed by atoms with Crippen molar-refractivity contribution in [3.05, 3.63) is 34.3 Å². The van der Waals surface area contributed by atoms with Gasteiger partial charge in [0, 0.05) is 24.1 Å². The molecule has 0 amide bonds. The van der Waals surface area contributed by atoms with Gasteiger partial charge in [-0.3, -0.25) is 4.99 Å². The largest absolute Gasteiger partial charge is 0.467 e. The summed E-state index contributed by atoms with van der Waals surface area (Å²) in [6.45, 7) is 0. The van der Waals surface area contributed by atoms with Gasteiger partial charge in [-0.25, -0.2) is 4.79 Å². The highest BCUT2D eigenvalue weighted by molar-refractivity contribution is 6.31. The van der Waals surface area contributed by atoms with Gasteiger partial charge in [-0.15, -0.1) is 0 Å². The van der Waals surface area contributed by atoms with Crippen LogP contribution in [0.25, 0.3) is 0 Å². The van der Waals surface area contributed by atoms with E-state index in [2.05, 4.69) is 9.73 Å². The molecule has 5 heteroatoms. The van der Waals surface area contributed by atoms with E-state index < -0.39 is 11.6 Å². The number of hydrogen-bond donors (Lipinski definition) is 1. The van der Waals surface area contributed by atoms with E-state index in [0.717, 1.165) is 11.1 Å². The first-order valence-corrected chi connectivity index (χ1v) is 5.47. The molecule has 0 fully saturated rings. The van der Waals surface area contributed by atoms with E-state index in [1.54, 1.807) is 18.2 Å². The molecule has 0 spiro atoms. The van der Waals surface area contributed by atoms with E-state index in [4.69, 9.17) is 11.6 Å². The summed E-state index contributed by atoms with van der Waals surface area (Å²) in [5.74, 6) is -0.703. The molecule has 1 aromatic carbocycles. The molecule has 0 saturated carbocycles. The molecular formula is C12H12ClNO3. The molecule has 1 aliphatic rings. The molecule has 1 aromatic rings. The van der Waals surface area contributed by atoms with Gasteiger partial charge in [-0.05, 0) is 17.7 Å². The topological polar surface area (TPSA) is 58.9 Å². The maximum Gasteiger partial charge on any atom is 0.344 e. The summed E-state index contributed by atoms with van der Waals surface area (Å²) in [5.41, 5.74) is 0.170. The second-order valence-corrected chi connectivity index (χ2v) is 4.34. The maximum absolute atomic E-state index is 11.7. The van der Waals surface area contributed by atoms with Gasteiger partial charge in [0.05, 0.1) is 12.8 Å². The van der Waals surface area contributed by atoms with Crippen molar-refractivity contribution in [1.29, 1.82) is 0 Å². The fraction of sp³-hybridized carbons (Fsp3) is 0.333. The van der Waals surface area contributed by atoms with E-state index in [1.165, 1.54) is 14.2 Å². The van der Waals surface area contributed by atoms with Crippen molar-refractivity contribution in [3.63, 3.8) is 0 Å². The van der Waals surface area contributed by atoms with Crippen LogP contribution in [0.4, 0.5) is 0 Å².